The molecule has 26 heavy (non-hydrogen) atoms. The van der Waals surface area contributed by atoms with Crippen LogP contribution in [0.15, 0.2) is 18.2 Å². The van der Waals surface area contributed by atoms with Gasteiger partial charge in [0.2, 0.25) is 10.3 Å². The maximum atomic E-state index is 12.3. The first-order valence-corrected chi connectivity index (χ1v) is 9.34. The average Bonchev–Trinajstić information content (AvgIpc) is 3.02. The zero-order valence-corrected chi connectivity index (χ0v) is 15.7. The number of aromatic nitrogens is 2. The first kappa shape index (κ1) is 18.7. The van der Waals surface area contributed by atoms with E-state index < -0.39 is 12.0 Å². The highest BCUT2D eigenvalue weighted by atomic mass is 35.5. The monoisotopic (exact) mass is 415 g/mol. The Balaban J connectivity index is 1.58. The van der Waals surface area contributed by atoms with Crippen molar-refractivity contribution in [3.8, 4) is 0 Å². The number of hydrogen-bond acceptors (Lipinski definition) is 6. The molecule has 1 aliphatic rings. The van der Waals surface area contributed by atoms with Crippen LogP contribution in [0.3, 0.4) is 0 Å². The zero-order chi connectivity index (χ0) is 18.7. The molecule has 1 aromatic carbocycles. The quantitative estimate of drug-likeness (QED) is 0.702. The fourth-order valence-corrected chi connectivity index (χ4v) is 3.88. The molecule has 1 saturated heterocycles. The minimum Gasteiger partial charge on any atom is -0.465 e. The van der Waals surface area contributed by atoms with E-state index in [0.29, 0.717) is 36.2 Å². The Morgan fingerprint density at radius 2 is 1.77 bits per heavy atom. The number of piperidine rings is 1. The van der Waals surface area contributed by atoms with Gasteiger partial charge in [-0.3, -0.25) is 10.1 Å². The summed E-state index contributed by atoms with van der Waals surface area (Å²) < 4.78 is 0. The Labute approximate surface area is 163 Å². The summed E-state index contributed by atoms with van der Waals surface area (Å²) in [6.07, 6.45) is 0.466. The van der Waals surface area contributed by atoms with Crippen LogP contribution in [-0.2, 0) is 0 Å². The Morgan fingerprint density at radius 3 is 2.38 bits per heavy atom. The van der Waals surface area contributed by atoms with Crippen LogP contribution >= 0.6 is 34.5 Å². The molecule has 11 heteroatoms. The number of benzene rings is 1. The maximum Gasteiger partial charge on any atom is 0.407 e. The summed E-state index contributed by atoms with van der Waals surface area (Å²) in [6, 6.07) is 4.93. The lowest BCUT2D eigenvalue weighted by Gasteiger charge is -2.30. The van der Waals surface area contributed by atoms with E-state index in [-0.39, 0.29) is 21.7 Å². The number of halogens is 2. The van der Waals surface area contributed by atoms with Gasteiger partial charge in [-0.15, -0.1) is 10.2 Å². The number of anilines is 2. The fraction of sp³-hybridized carbons (Fsp3) is 0.333. The molecule has 2 aromatic rings. The predicted octanol–water partition coefficient (Wildman–Crippen LogP) is 3.65. The molecule has 0 saturated carbocycles. The number of amides is 2. The van der Waals surface area contributed by atoms with Crippen molar-refractivity contribution in [1.82, 2.24) is 15.1 Å². The van der Waals surface area contributed by atoms with Gasteiger partial charge in [-0.05, 0) is 25.0 Å². The van der Waals surface area contributed by atoms with Crippen molar-refractivity contribution in [3.05, 3.63) is 33.8 Å². The third-order valence-corrected chi connectivity index (χ3v) is 5.33. The minimum absolute atomic E-state index is 0.111. The van der Waals surface area contributed by atoms with Crippen molar-refractivity contribution < 1.29 is 14.7 Å². The van der Waals surface area contributed by atoms with Crippen molar-refractivity contribution in [2.24, 2.45) is 0 Å². The molecular weight excluding hydrogens is 401 g/mol. The maximum absolute atomic E-state index is 12.3. The highest BCUT2D eigenvalue weighted by Crippen LogP contribution is 2.27. The van der Waals surface area contributed by atoms with Crippen molar-refractivity contribution in [2.75, 3.05) is 23.7 Å². The van der Waals surface area contributed by atoms with Gasteiger partial charge in [-0.25, -0.2) is 4.79 Å². The molecule has 3 rings (SSSR count). The van der Waals surface area contributed by atoms with Crippen LogP contribution in [0.2, 0.25) is 10.0 Å². The van der Waals surface area contributed by atoms with Crippen molar-refractivity contribution in [3.63, 3.8) is 0 Å². The van der Waals surface area contributed by atoms with Crippen LogP contribution < -0.4 is 10.6 Å². The summed E-state index contributed by atoms with van der Waals surface area (Å²) in [7, 11) is 0. The lowest BCUT2D eigenvalue weighted by atomic mass is 10.1. The number of likely N-dealkylation sites (tertiary alicyclic amines) is 1. The molecule has 1 aromatic heterocycles. The van der Waals surface area contributed by atoms with E-state index in [1.54, 1.807) is 18.2 Å². The van der Waals surface area contributed by atoms with Crippen LogP contribution in [0.25, 0.3) is 0 Å². The van der Waals surface area contributed by atoms with Crippen LogP contribution in [0.4, 0.5) is 15.1 Å². The number of nitrogens with zero attached hydrogens (tertiary/aromatic N) is 3. The molecular formula is C15H15Cl2N5O3S. The topological polar surface area (TPSA) is 107 Å². The van der Waals surface area contributed by atoms with E-state index >= 15 is 0 Å². The zero-order valence-electron chi connectivity index (χ0n) is 13.4. The van der Waals surface area contributed by atoms with Gasteiger partial charge in [0.25, 0.3) is 5.91 Å². The third-order valence-electron chi connectivity index (χ3n) is 3.93. The molecule has 2 heterocycles. The summed E-state index contributed by atoms with van der Waals surface area (Å²) in [5.41, 5.74) is 0.182. The van der Waals surface area contributed by atoms with Gasteiger partial charge in [0.1, 0.15) is 0 Å². The lowest BCUT2D eigenvalue weighted by molar-refractivity contribution is 0.102. The van der Waals surface area contributed by atoms with E-state index in [9.17, 15) is 9.59 Å². The molecule has 0 unspecified atom stereocenters. The average molecular weight is 416 g/mol. The van der Waals surface area contributed by atoms with E-state index in [1.807, 2.05) is 0 Å². The van der Waals surface area contributed by atoms with Gasteiger partial charge in [0.15, 0.2) is 0 Å². The second-order valence-corrected chi connectivity index (χ2v) is 7.44. The molecule has 0 radical (unpaired) electrons. The number of carboxylic acid groups (broad SMARTS) is 1. The standard InChI is InChI=1S/C15H15Cl2N5O3S/c16-9-2-1-3-10(17)11(9)12(23)19-14-21-20-13(26-14)18-8-4-6-22(7-5-8)15(24)25/h1-3,8H,4-7H2,(H,18,20)(H,24,25)(H,19,21,23). The molecule has 0 aliphatic carbocycles. The molecule has 0 atom stereocenters. The number of hydrogen-bond donors (Lipinski definition) is 3. The van der Waals surface area contributed by atoms with Crippen molar-refractivity contribution in [1.29, 1.82) is 0 Å². The predicted molar refractivity (Wildman–Crippen MR) is 101 cm³/mol. The first-order chi connectivity index (χ1) is 12.4. The molecule has 1 aliphatic heterocycles. The molecule has 138 valence electrons. The third kappa shape index (κ3) is 4.35. The molecule has 0 bridgehead atoms. The Morgan fingerprint density at radius 1 is 1.15 bits per heavy atom. The Bertz CT molecular complexity index is 803. The summed E-state index contributed by atoms with van der Waals surface area (Å²) in [6.45, 7) is 0.945. The highest BCUT2D eigenvalue weighted by molar-refractivity contribution is 7.19. The Hall–Kier alpha value is -2.10. The van der Waals surface area contributed by atoms with Crippen LogP contribution in [0.5, 0.6) is 0 Å². The van der Waals surface area contributed by atoms with E-state index in [1.165, 1.54) is 16.2 Å². The van der Waals surface area contributed by atoms with Crippen molar-refractivity contribution >= 4 is 56.8 Å². The summed E-state index contributed by atoms with van der Waals surface area (Å²) in [5, 5.41) is 24.1. The largest absolute Gasteiger partial charge is 0.465 e. The van der Waals surface area contributed by atoms with E-state index in [2.05, 4.69) is 20.8 Å². The van der Waals surface area contributed by atoms with E-state index in [4.69, 9.17) is 28.3 Å². The van der Waals surface area contributed by atoms with Crippen LogP contribution in [0.1, 0.15) is 23.2 Å². The SMILES string of the molecule is O=C(Nc1nnc(NC2CCN(C(=O)O)CC2)s1)c1c(Cl)cccc1Cl. The first-order valence-electron chi connectivity index (χ1n) is 7.77. The van der Waals surface area contributed by atoms with E-state index in [0.717, 1.165) is 0 Å². The molecule has 1 fully saturated rings. The highest BCUT2D eigenvalue weighted by Gasteiger charge is 2.23. The molecule has 8 nitrogen and oxygen atoms in total. The van der Waals surface area contributed by atoms with Gasteiger partial charge < -0.3 is 15.3 Å². The smallest absolute Gasteiger partial charge is 0.407 e. The normalized spacial score (nSPS) is 14.9. The van der Waals surface area contributed by atoms with Crippen molar-refractivity contribution in [2.45, 2.75) is 18.9 Å². The lowest BCUT2D eigenvalue weighted by Crippen LogP contribution is -2.41. The fourth-order valence-electron chi connectivity index (χ4n) is 2.60. The Kier molecular flexibility index (Phi) is 5.80. The number of carbonyl (C=O) groups excluding carboxylic acids is 1. The number of nitrogens with one attached hydrogen (secondary N) is 2. The molecule has 0 spiro atoms. The molecule has 2 amide bonds. The summed E-state index contributed by atoms with van der Waals surface area (Å²) in [5.74, 6) is -0.460. The number of carbonyl (C=O) groups is 2. The summed E-state index contributed by atoms with van der Waals surface area (Å²) >= 11 is 13.2. The second-order valence-electron chi connectivity index (χ2n) is 5.65. The van der Waals surface area contributed by atoms with Crippen LogP contribution in [0, 0.1) is 0 Å². The van der Waals surface area contributed by atoms with Gasteiger partial charge in [-0.2, -0.15) is 0 Å². The van der Waals surface area contributed by atoms with Gasteiger partial charge in [-0.1, -0.05) is 40.6 Å². The molecule has 3 N–H and O–H groups in total. The van der Waals surface area contributed by atoms with Gasteiger partial charge >= 0.3 is 6.09 Å². The number of rotatable bonds is 4. The van der Waals surface area contributed by atoms with Crippen LogP contribution in [-0.4, -0.2) is 51.3 Å². The van der Waals surface area contributed by atoms with Gasteiger partial charge in [0.05, 0.1) is 15.6 Å². The summed E-state index contributed by atoms with van der Waals surface area (Å²) in [4.78, 5) is 24.6. The van der Waals surface area contributed by atoms with Gasteiger partial charge in [0, 0.05) is 19.1 Å². The second kappa shape index (κ2) is 8.07. The minimum atomic E-state index is -0.900.